The number of methoxy groups -OCH3 is 1. The van der Waals surface area contributed by atoms with Crippen LogP contribution in [0.5, 0.6) is 5.75 Å². The number of esters is 1. The number of amides is 2. The van der Waals surface area contributed by atoms with Crippen LogP contribution in [0.2, 0.25) is 0 Å². The van der Waals surface area contributed by atoms with E-state index >= 15 is 0 Å². The van der Waals surface area contributed by atoms with Crippen molar-refractivity contribution in [3.05, 3.63) is 53.2 Å². The van der Waals surface area contributed by atoms with E-state index in [2.05, 4.69) is 10.6 Å². The highest BCUT2D eigenvalue weighted by molar-refractivity contribution is 5.98. The lowest BCUT2D eigenvalue weighted by Gasteiger charge is -2.29. The molecule has 2 aromatic rings. The Bertz CT molecular complexity index is 873. The van der Waals surface area contributed by atoms with Crippen LogP contribution in [0.4, 0.5) is 4.79 Å². The molecule has 2 amide bonds. The number of fused-ring (bicyclic) bond motifs is 1. The average Bonchev–Trinajstić information content (AvgIpc) is 2.60. The Morgan fingerprint density at radius 2 is 1.96 bits per heavy atom. The molecular weight excluding hydrogens is 320 g/mol. The molecule has 1 heterocycles. The summed E-state index contributed by atoms with van der Waals surface area (Å²) in [7, 11) is 1.32. The molecule has 0 radical (unpaired) electrons. The molecule has 6 nitrogen and oxygen atoms in total. The molecule has 0 bridgehead atoms. The number of ether oxygens (including phenoxy) is 2. The Labute approximate surface area is 145 Å². The Balaban J connectivity index is 2.28. The van der Waals surface area contributed by atoms with E-state index in [1.165, 1.54) is 7.11 Å². The van der Waals surface area contributed by atoms with Crippen molar-refractivity contribution in [2.24, 2.45) is 0 Å². The zero-order chi connectivity index (χ0) is 18.0. The van der Waals surface area contributed by atoms with Gasteiger partial charge in [0.15, 0.2) is 0 Å². The van der Waals surface area contributed by atoms with Crippen molar-refractivity contribution >= 4 is 22.8 Å². The number of allylic oxidation sites excluding steroid dienone is 1. The van der Waals surface area contributed by atoms with Crippen LogP contribution >= 0.6 is 0 Å². The third-order valence-electron chi connectivity index (χ3n) is 4.19. The fraction of sp³-hybridized carbons (Fsp3) is 0.263. The predicted octanol–water partition coefficient (Wildman–Crippen LogP) is 3.04. The first-order chi connectivity index (χ1) is 12.1. The number of carbonyl (C=O) groups is 2. The minimum atomic E-state index is -0.658. The molecule has 0 fully saturated rings. The van der Waals surface area contributed by atoms with Gasteiger partial charge in [0.1, 0.15) is 5.75 Å². The zero-order valence-electron chi connectivity index (χ0n) is 14.4. The molecule has 2 N–H and O–H groups in total. The summed E-state index contributed by atoms with van der Waals surface area (Å²) in [5.74, 6) is 0.132. The first-order valence-corrected chi connectivity index (χ1v) is 8.07. The largest absolute Gasteiger partial charge is 0.493 e. The van der Waals surface area contributed by atoms with Crippen LogP contribution in [-0.2, 0) is 9.53 Å². The van der Waals surface area contributed by atoms with Gasteiger partial charge in [0, 0.05) is 11.3 Å². The van der Waals surface area contributed by atoms with Crippen LogP contribution in [0.15, 0.2) is 47.7 Å². The van der Waals surface area contributed by atoms with Crippen LogP contribution in [-0.4, -0.2) is 25.7 Å². The third-order valence-corrected chi connectivity index (χ3v) is 4.19. The second-order valence-corrected chi connectivity index (χ2v) is 5.69. The molecule has 0 aromatic heterocycles. The second kappa shape index (κ2) is 6.84. The van der Waals surface area contributed by atoms with Crippen LogP contribution in [0.1, 0.15) is 25.5 Å². The van der Waals surface area contributed by atoms with Crippen molar-refractivity contribution in [3.63, 3.8) is 0 Å². The molecule has 1 aliphatic heterocycles. The van der Waals surface area contributed by atoms with E-state index in [4.69, 9.17) is 9.47 Å². The molecule has 6 heteroatoms. The topological polar surface area (TPSA) is 76.7 Å². The summed E-state index contributed by atoms with van der Waals surface area (Å²) in [5.41, 5.74) is 1.57. The summed E-state index contributed by atoms with van der Waals surface area (Å²) in [4.78, 5) is 24.4. The molecule has 0 saturated carbocycles. The van der Waals surface area contributed by atoms with E-state index in [1.807, 2.05) is 43.3 Å². The van der Waals surface area contributed by atoms with Gasteiger partial charge >= 0.3 is 12.0 Å². The van der Waals surface area contributed by atoms with Gasteiger partial charge in [-0.05, 0) is 30.7 Å². The lowest BCUT2D eigenvalue weighted by Crippen LogP contribution is -2.45. The number of benzene rings is 2. The Morgan fingerprint density at radius 1 is 1.20 bits per heavy atom. The number of hydrogen-bond donors (Lipinski definition) is 2. The molecule has 1 aliphatic rings. The van der Waals surface area contributed by atoms with Gasteiger partial charge in [-0.3, -0.25) is 0 Å². The van der Waals surface area contributed by atoms with Gasteiger partial charge in [-0.25, -0.2) is 9.59 Å². The van der Waals surface area contributed by atoms with Gasteiger partial charge in [-0.1, -0.05) is 30.3 Å². The quantitative estimate of drug-likeness (QED) is 0.839. The normalized spacial score (nSPS) is 17.1. The van der Waals surface area contributed by atoms with Gasteiger partial charge in [-0.15, -0.1) is 0 Å². The van der Waals surface area contributed by atoms with Crippen molar-refractivity contribution in [3.8, 4) is 5.75 Å². The van der Waals surface area contributed by atoms with E-state index in [9.17, 15) is 9.59 Å². The highest BCUT2D eigenvalue weighted by Gasteiger charge is 2.34. The molecule has 1 unspecified atom stereocenters. The maximum atomic E-state index is 12.4. The molecule has 0 aliphatic carbocycles. The Hall–Kier alpha value is -3.02. The fourth-order valence-electron chi connectivity index (χ4n) is 3.15. The predicted molar refractivity (Wildman–Crippen MR) is 94.2 cm³/mol. The number of urea groups is 1. The molecule has 0 spiro atoms. The number of rotatable bonds is 4. The van der Waals surface area contributed by atoms with E-state index < -0.39 is 12.0 Å². The molecule has 25 heavy (non-hydrogen) atoms. The van der Waals surface area contributed by atoms with Crippen molar-refractivity contribution < 1.29 is 19.1 Å². The number of hydrogen-bond acceptors (Lipinski definition) is 4. The second-order valence-electron chi connectivity index (χ2n) is 5.69. The van der Waals surface area contributed by atoms with Crippen LogP contribution in [0, 0.1) is 0 Å². The summed E-state index contributed by atoms with van der Waals surface area (Å²) in [6.07, 6.45) is 0. The minimum absolute atomic E-state index is 0.361. The van der Waals surface area contributed by atoms with Crippen molar-refractivity contribution in [2.75, 3.05) is 13.7 Å². The summed E-state index contributed by atoms with van der Waals surface area (Å²) in [6.45, 7) is 4.05. The van der Waals surface area contributed by atoms with Gasteiger partial charge in [0.2, 0.25) is 0 Å². The van der Waals surface area contributed by atoms with Gasteiger partial charge in [-0.2, -0.15) is 0 Å². The lowest BCUT2D eigenvalue weighted by molar-refractivity contribution is -0.136. The molecular formula is C19H20N2O4. The SMILES string of the molecule is CCOc1ccc2ccccc2c1C1NC(=O)NC(C)=C1C(=O)OC. The van der Waals surface area contributed by atoms with E-state index in [1.54, 1.807) is 6.92 Å². The Morgan fingerprint density at radius 3 is 2.68 bits per heavy atom. The zero-order valence-corrected chi connectivity index (χ0v) is 14.4. The lowest BCUT2D eigenvalue weighted by atomic mass is 9.90. The fourth-order valence-corrected chi connectivity index (χ4v) is 3.15. The number of nitrogens with one attached hydrogen (secondary N) is 2. The van der Waals surface area contributed by atoms with Gasteiger partial charge in [0.25, 0.3) is 0 Å². The first kappa shape index (κ1) is 16.8. The minimum Gasteiger partial charge on any atom is -0.493 e. The molecule has 130 valence electrons. The standard InChI is InChI=1S/C19H20N2O4/c1-4-25-14-10-9-12-7-5-6-8-13(12)16(14)17-15(18(22)24-3)11(2)20-19(23)21-17/h5-10,17H,4H2,1-3H3,(H2,20,21,23). The molecule has 3 rings (SSSR count). The summed E-state index contributed by atoms with van der Waals surface area (Å²) < 4.78 is 10.7. The van der Waals surface area contributed by atoms with Crippen molar-refractivity contribution in [2.45, 2.75) is 19.9 Å². The molecule has 1 atom stereocenters. The first-order valence-electron chi connectivity index (χ1n) is 8.07. The van der Waals surface area contributed by atoms with Gasteiger partial charge < -0.3 is 20.1 Å². The van der Waals surface area contributed by atoms with Crippen molar-refractivity contribution in [1.29, 1.82) is 0 Å². The average molecular weight is 340 g/mol. The summed E-state index contributed by atoms with van der Waals surface area (Å²) in [6, 6.07) is 10.6. The monoisotopic (exact) mass is 340 g/mol. The van der Waals surface area contributed by atoms with Gasteiger partial charge in [0.05, 0.1) is 25.3 Å². The summed E-state index contributed by atoms with van der Waals surface area (Å²) >= 11 is 0. The Kier molecular flexibility index (Phi) is 4.61. The van der Waals surface area contributed by atoms with Crippen molar-refractivity contribution in [1.82, 2.24) is 10.6 Å². The van der Waals surface area contributed by atoms with E-state index in [0.717, 1.165) is 16.3 Å². The molecule has 2 aromatic carbocycles. The highest BCUT2D eigenvalue weighted by atomic mass is 16.5. The number of carbonyl (C=O) groups excluding carboxylic acids is 2. The molecule has 0 saturated heterocycles. The third kappa shape index (κ3) is 3.03. The van der Waals surface area contributed by atoms with Crippen LogP contribution < -0.4 is 15.4 Å². The summed E-state index contributed by atoms with van der Waals surface area (Å²) in [5, 5.41) is 7.37. The van der Waals surface area contributed by atoms with Crippen LogP contribution in [0.25, 0.3) is 10.8 Å². The highest BCUT2D eigenvalue weighted by Crippen LogP contribution is 2.38. The smallest absolute Gasteiger partial charge is 0.337 e. The maximum Gasteiger partial charge on any atom is 0.337 e. The maximum absolute atomic E-state index is 12.4. The van der Waals surface area contributed by atoms with E-state index in [0.29, 0.717) is 23.6 Å². The van der Waals surface area contributed by atoms with E-state index in [-0.39, 0.29) is 6.03 Å². The van der Waals surface area contributed by atoms with Crippen LogP contribution in [0.3, 0.4) is 0 Å².